The summed E-state index contributed by atoms with van der Waals surface area (Å²) >= 11 is 0. The molecule has 0 fully saturated rings. The second-order valence-electron chi connectivity index (χ2n) is 9.37. The molecule has 3 amide bonds. The zero-order valence-electron chi connectivity index (χ0n) is 22.8. The van der Waals surface area contributed by atoms with Crippen molar-refractivity contribution < 1.29 is 37.9 Å². The molecule has 1 heterocycles. The highest BCUT2D eigenvalue weighted by Crippen LogP contribution is 2.27. The first-order chi connectivity index (χ1) is 19.8. The highest BCUT2D eigenvalue weighted by Gasteiger charge is 2.23. The van der Waals surface area contributed by atoms with Gasteiger partial charge in [-0.3, -0.25) is 19.2 Å². The van der Waals surface area contributed by atoms with Crippen LogP contribution in [0.15, 0.2) is 65.1 Å². The number of benzene rings is 2. The molecule has 2 aromatic carbocycles. The third-order valence-electron chi connectivity index (χ3n) is 6.37. The number of rotatable bonds is 17. The van der Waals surface area contributed by atoms with Crippen LogP contribution < -0.4 is 10.6 Å². The molecule has 0 aliphatic rings. The first-order valence-corrected chi connectivity index (χ1v) is 13.4. The quantitative estimate of drug-likeness (QED) is 0.0925. The number of nitrogens with one attached hydrogen (secondary N) is 2. The van der Waals surface area contributed by atoms with Gasteiger partial charge in [-0.2, -0.15) is 0 Å². The first kappa shape index (κ1) is 31.0. The van der Waals surface area contributed by atoms with Crippen LogP contribution in [0.2, 0.25) is 0 Å². The number of hydrogen-bond donors (Lipinski definition) is 3. The summed E-state index contributed by atoms with van der Waals surface area (Å²) in [5, 5.41) is 15.4. The lowest BCUT2D eigenvalue weighted by molar-refractivity contribution is -0.182. The predicted octanol–water partition coefficient (Wildman–Crippen LogP) is 4.76. The van der Waals surface area contributed by atoms with Crippen molar-refractivity contribution in [3.05, 3.63) is 83.4 Å². The maximum absolute atomic E-state index is 14.5. The number of hydroxylamine groups is 2. The van der Waals surface area contributed by atoms with Crippen LogP contribution in [0, 0.1) is 11.7 Å². The second-order valence-corrected chi connectivity index (χ2v) is 9.37. The smallest absolute Gasteiger partial charge is 0.338 e. The fourth-order valence-corrected chi connectivity index (χ4v) is 4.13. The molecule has 0 aliphatic heterocycles. The monoisotopic (exact) mass is 567 g/mol. The van der Waals surface area contributed by atoms with Gasteiger partial charge in [0.25, 0.3) is 5.91 Å². The minimum Gasteiger partial charge on any atom is -0.478 e. The summed E-state index contributed by atoms with van der Waals surface area (Å²) in [6.07, 6.45) is 4.87. The molecular weight excluding hydrogens is 533 g/mol. The fraction of sp³-hybridized carbons (Fsp3) is 0.333. The lowest BCUT2D eigenvalue weighted by atomic mass is 9.99. The highest BCUT2D eigenvalue weighted by molar-refractivity contribution is 5.93. The summed E-state index contributed by atoms with van der Waals surface area (Å²) in [6, 6.07) is 15.9. The number of hydrogen-bond acceptors (Lipinski definition) is 6. The van der Waals surface area contributed by atoms with E-state index in [0.717, 1.165) is 42.4 Å². The molecule has 0 bridgehead atoms. The van der Waals surface area contributed by atoms with Gasteiger partial charge in [0.2, 0.25) is 12.3 Å². The van der Waals surface area contributed by atoms with Crippen molar-refractivity contribution in [2.24, 2.45) is 5.92 Å². The summed E-state index contributed by atoms with van der Waals surface area (Å²) in [7, 11) is 0. The van der Waals surface area contributed by atoms with Crippen molar-refractivity contribution in [3.63, 3.8) is 0 Å². The number of carboxylic acid groups (broad SMARTS) is 1. The summed E-state index contributed by atoms with van der Waals surface area (Å²) in [5.41, 5.74) is 0.261. The number of halogens is 1. The Hall–Kier alpha value is -4.51. The van der Waals surface area contributed by atoms with E-state index in [4.69, 9.17) is 14.4 Å². The summed E-state index contributed by atoms with van der Waals surface area (Å²) < 4.78 is 20.0. The minimum absolute atomic E-state index is 0.0172. The van der Waals surface area contributed by atoms with Gasteiger partial charge in [-0.25, -0.2) is 14.2 Å². The molecular formula is C30H34FN3O7. The van der Waals surface area contributed by atoms with Gasteiger partial charge in [-0.15, -0.1) is 0 Å². The number of furan rings is 1. The number of aromatic carboxylic acids is 1. The molecule has 0 spiro atoms. The molecule has 0 unspecified atom stereocenters. The van der Waals surface area contributed by atoms with Gasteiger partial charge >= 0.3 is 5.97 Å². The Morgan fingerprint density at radius 3 is 2.51 bits per heavy atom. The summed E-state index contributed by atoms with van der Waals surface area (Å²) in [5.74, 6) is -4.15. The van der Waals surface area contributed by atoms with Crippen LogP contribution in [0.4, 0.5) is 4.39 Å². The van der Waals surface area contributed by atoms with Crippen LogP contribution in [-0.4, -0.2) is 47.6 Å². The third-order valence-corrected chi connectivity index (χ3v) is 6.37. The van der Waals surface area contributed by atoms with Crippen molar-refractivity contribution in [3.8, 4) is 11.3 Å². The maximum Gasteiger partial charge on any atom is 0.338 e. The highest BCUT2D eigenvalue weighted by atomic mass is 19.1. The van der Waals surface area contributed by atoms with E-state index in [-0.39, 0.29) is 42.8 Å². The van der Waals surface area contributed by atoms with Gasteiger partial charge in [-0.05, 0) is 36.2 Å². The topological polar surface area (TPSA) is 138 Å². The number of amides is 3. The molecule has 1 aromatic heterocycles. The molecule has 0 saturated heterocycles. The molecule has 10 nitrogen and oxygen atoms in total. The second kappa shape index (κ2) is 15.9. The Balaban J connectivity index is 1.56. The minimum atomic E-state index is -1.42. The number of nitrogens with zero attached hydrogens (tertiary/aromatic N) is 1. The molecule has 0 saturated carbocycles. The Morgan fingerprint density at radius 1 is 1.02 bits per heavy atom. The van der Waals surface area contributed by atoms with E-state index >= 15 is 0 Å². The van der Waals surface area contributed by atoms with Gasteiger partial charge in [0.1, 0.15) is 18.2 Å². The SMILES string of the molecule is CCCCCC[C@H](CN(C=O)OCc1ccccc1)C(=O)NCNC(=O)c1ccc(-c2cccc(C(=O)O)c2F)o1. The molecule has 41 heavy (non-hydrogen) atoms. The van der Waals surface area contributed by atoms with Crippen molar-refractivity contribution in [1.82, 2.24) is 15.7 Å². The lowest BCUT2D eigenvalue weighted by Crippen LogP contribution is -2.43. The van der Waals surface area contributed by atoms with E-state index in [1.54, 1.807) is 0 Å². The van der Waals surface area contributed by atoms with Crippen molar-refractivity contribution in [2.45, 2.75) is 45.6 Å². The molecule has 1 atom stereocenters. The Kier molecular flexibility index (Phi) is 12.0. The lowest BCUT2D eigenvalue weighted by Gasteiger charge is -2.23. The van der Waals surface area contributed by atoms with E-state index in [1.165, 1.54) is 24.3 Å². The standard InChI is InChI=1S/C30H34FN3O7/c1-2-3-4-8-12-22(17-34(20-35)40-18-21-10-6-5-7-11-21)28(36)32-19-33-29(37)26-16-15-25(41-26)23-13-9-14-24(27(23)31)30(38)39/h5-7,9-11,13-16,20,22H,2-4,8,12,17-19H2,1H3,(H,32,36)(H,33,37)(H,38,39)/t22-/m1/s1. The van der Waals surface area contributed by atoms with Crippen molar-refractivity contribution in [2.75, 3.05) is 13.2 Å². The molecule has 3 rings (SSSR count). The molecule has 11 heteroatoms. The van der Waals surface area contributed by atoms with E-state index in [9.17, 15) is 23.6 Å². The van der Waals surface area contributed by atoms with Gasteiger partial charge < -0.3 is 20.2 Å². The van der Waals surface area contributed by atoms with Crippen LogP contribution in [0.1, 0.15) is 65.5 Å². The zero-order chi connectivity index (χ0) is 29.6. The molecule has 3 aromatic rings. The fourth-order valence-electron chi connectivity index (χ4n) is 4.13. The van der Waals surface area contributed by atoms with Crippen LogP contribution in [0.3, 0.4) is 0 Å². The zero-order valence-corrected chi connectivity index (χ0v) is 22.8. The third kappa shape index (κ3) is 9.28. The van der Waals surface area contributed by atoms with Crippen LogP contribution >= 0.6 is 0 Å². The average molecular weight is 568 g/mol. The number of carbonyl (C=O) groups excluding carboxylic acids is 3. The average Bonchev–Trinajstić information content (AvgIpc) is 3.47. The molecule has 0 aliphatic carbocycles. The Morgan fingerprint density at radius 2 is 1.80 bits per heavy atom. The maximum atomic E-state index is 14.5. The normalized spacial score (nSPS) is 11.5. The van der Waals surface area contributed by atoms with Crippen LogP contribution in [0.25, 0.3) is 11.3 Å². The van der Waals surface area contributed by atoms with Gasteiger partial charge in [0.15, 0.2) is 5.76 Å². The van der Waals surface area contributed by atoms with Crippen LogP contribution in [-0.2, 0) is 21.0 Å². The first-order valence-electron chi connectivity index (χ1n) is 13.4. The van der Waals surface area contributed by atoms with Crippen molar-refractivity contribution in [1.29, 1.82) is 0 Å². The number of carbonyl (C=O) groups is 4. The van der Waals surface area contributed by atoms with Crippen LogP contribution in [0.5, 0.6) is 0 Å². The number of carboxylic acids is 1. The Bertz CT molecular complexity index is 1310. The van der Waals surface area contributed by atoms with Crippen molar-refractivity contribution >= 4 is 24.2 Å². The van der Waals surface area contributed by atoms with E-state index in [1.807, 2.05) is 30.3 Å². The van der Waals surface area contributed by atoms with E-state index in [0.29, 0.717) is 12.8 Å². The van der Waals surface area contributed by atoms with Gasteiger partial charge in [0, 0.05) is 0 Å². The summed E-state index contributed by atoms with van der Waals surface area (Å²) in [4.78, 5) is 54.0. The predicted molar refractivity (Wildman–Crippen MR) is 148 cm³/mol. The van der Waals surface area contributed by atoms with Gasteiger partial charge in [0.05, 0.1) is 30.3 Å². The number of unbranched alkanes of at least 4 members (excludes halogenated alkanes) is 3. The molecule has 218 valence electrons. The Labute approximate surface area is 237 Å². The molecule has 3 N–H and O–H groups in total. The summed E-state index contributed by atoms with van der Waals surface area (Å²) in [6.45, 7) is 2.10. The molecule has 0 radical (unpaired) electrons. The van der Waals surface area contributed by atoms with E-state index in [2.05, 4.69) is 17.6 Å². The largest absolute Gasteiger partial charge is 0.478 e. The van der Waals surface area contributed by atoms with E-state index < -0.39 is 29.2 Å². The van der Waals surface area contributed by atoms with Gasteiger partial charge in [-0.1, -0.05) is 69.0 Å².